The number of hydrogen-bond acceptors (Lipinski definition) is 3. The molecular formula is C14H20ClNO2. The van der Waals surface area contributed by atoms with Crippen LogP contribution in [0.1, 0.15) is 24.8 Å². The molecule has 100 valence electrons. The van der Waals surface area contributed by atoms with Crippen LogP contribution in [-0.4, -0.2) is 25.4 Å². The van der Waals surface area contributed by atoms with Gasteiger partial charge >= 0.3 is 0 Å². The highest BCUT2D eigenvalue weighted by Crippen LogP contribution is 2.41. The number of rotatable bonds is 5. The summed E-state index contributed by atoms with van der Waals surface area (Å²) in [4.78, 5) is 0. The van der Waals surface area contributed by atoms with Crippen LogP contribution in [0.4, 0.5) is 5.69 Å². The van der Waals surface area contributed by atoms with Gasteiger partial charge in [0.2, 0.25) is 0 Å². The van der Waals surface area contributed by atoms with Gasteiger partial charge in [-0.2, -0.15) is 0 Å². The summed E-state index contributed by atoms with van der Waals surface area (Å²) in [7, 11) is 1.65. The maximum atomic E-state index is 9.44. The molecule has 0 amide bonds. The maximum Gasteiger partial charge on any atom is 0.142 e. The van der Waals surface area contributed by atoms with E-state index in [0.717, 1.165) is 41.4 Å². The van der Waals surface area contributed by atoms with E-state index in [1.807, 2.05) is 19.1 Å². The Morgan fingerprint density at radius 2 is 2.17 bits per heavy atom. The summed E-state index contributed by atoms with van der Waals surface area (Å²) in [5.41, 5.74) is 1.94. The van der Waals surface area contributed by atoms with Crippen molar-refractivity contribution in [2.45, 2.75) is 26.2 Å². The summed E-state index contributed by atoms with van der Waals surface area (Å²) < 4.78 is 5.35. The highest BCUT2D eigenvalue weighted by atomic mass is 35.5. The highest BCUT2D eigenvalue weighted by Gasteiger charge is 2.36. The lowest BCUT2D eigenvalue weighted by Crippen LogP contribution is -2.39. The second-order valence-corrected chi connectivity index (χ2v) is 5.57. The molecule has 1 aromatic carbocycles. The smallest absolute Gasteiger partial charge is 0.142 e. The molecule has 4 heteroatoms. The number of hydrogen-bond donors (Lipinski definition) is 2. The molecule has 0 radical (unpaired) electrons. The van der Waals surface area contributed by atoms with Gasteiger partial charge in [0.05, 0.1) is 19.4 Å². The Hall–Kier alpha value is -0.930. The predicted octanol–water partition coefficient (Wildman–Crippen LogP) is 3.23. The lowest BCUT2D eigenvalue weighted by molar-refractivity contribution is 0.0576. The van der Waals surface area contributed by atoms with Gasteiger partial charge in [-0.05, 0) is 37.5 Å². The zero-order valence-corrected chi connectivity index (χ0v) is 11.7. The Balaban J connectivity index is 2.11. The molecule has 1 saturated carbocycles. The first kappa shape index (κ1) is 13.5. The van der Waals surface area contributed by atoms with E-state index < -0.39 is 0 Å². The predicted molar refractivity (Wildman–Crippen MR) is 74.6 cm³/mol. The third kappa shape index (κ3) is 2.57. The zero-order valence-electron chi connectivity index (χ0n) is 10.9. The summed E-state index contributed by atoms with van der Waals surface area (Å²) in [5, 5.41) is 13.5. The van der Waals surface area contributed by atoms with Gasteiger partial charge in [-0.3, -0.25) is 0 Å². The Kier molecular flexibility index (Phi) is 4.03. The quantitative estimate of drug-likeness (QED) is 0.862. The summed E-state index contributed by atoms with van der Waals surface area (Å²) in [5.74, 6) is 0.796. The lowest BCUT2D eigenvalue weighted by atomic mass is 9.69. The van der Waals surface area contributed by atoms with Crippen LogP contribution >= 0.6 is 11.6 Å². The highest BCUT2D eigenvalue weighted by molar-refractivity contribution is 6.31. The number of aliphatic hydroxyl groups excluding tert-OH is 1. The van der Waals surface area contributed by atoms with Crippen molar-refractivity contribution in [3.63, 3.8) is 0 Å². The first-order valence-corrected chi connectivity index (χ1v) is 6.67. The lowest BCUT2D eigenvalue weighted by Gasteiger charge is -2.40. The molecule has 0 heterocycles. The van der Waals surface area contributed by atoms with Gasteiger partial charge in [-0.1, -0.05) is 18.0 Å². The molecule has 0 atom stereocenters. The normalized spacial score (nSPS) is 17.1. The monoisotopic (exact) mass is 269 g/mol. The first-order valence-electron chi connectivity index (χ1n) is 6.29. The van der Waals surface area contributed by atoms with Crippen LogP contribution in [0.3, 0.4) is 0 Å². The molecule has 0 aliphatic heterocycles. The van der Waals surface area contributed by atoms with Crippen molar-refractivity contribution in [2.24, 2.45) is 5.41 Å². The third-order valence-corrected chi connectivity index (χ3v) is 4.29. The van der Waals surface area contributed by atoms with Gasteiger partial charge < -0.3 is 15.2 Å². The van der Waals surface area contributed by atoms with Crippen molar-refractivity contribution in [3.8, 4) is 5.75 Å². The maximum absolute atomic E-state index is 9.44. The Morgan fingerprint density at radius 1 is 1.44 bits per heavy atom. The summed E-state index contributed by atoms with van der Waals surface area (Å²) in [6, 6.07) is 3.82. The van der Waals surface area contributed by atoms with E-state index in [-0.39, 0.29) is 12.0 Å². The Morgan fingerprint density at radius 3 is 2.67 bits per heavy atom. The van der Waals surface area contributed by atoms with Gasteiger partial charge in [0.1, 0.15) is 5.75 Å². The average Bonchev–Trinajstić information content (AvgIpc) is 2.32. The number of aliphatic hydroxyl groups is 1. The molecule has 0 unspecified atom stereocenters. The third-order valence-electron chi connectivity index (χ3n) is 3.88. The Bertz CT molecular complexity index is 425. The van der Waals surface area contributed by atoms with Gasteiger partial charge in [0, 0.05) is 17.0 Å². The molecule has 1 aromatic rings. The summed E-state index contributed by atoms with van der Waals surface area (Å²) >= 11 is 6.13. The van der Waals surface area contributed by atoms with Crippen molar-refractivity contribution >= 4 is 17.3 Å². The molecule has 3 nitrogen and oxygen atoms in total. The van der Waals surface area contributed by atoms with E-state index in [0.29, 0.717) is 0 Å². The SMILES string of the molecule is COc1cc(C)c(Cl)cc1NCC1(CO)CCC1. The number of nitrogens with one attached hydrogen (secondary N) is 1. The van der Waals surface area contributed by atoms with Crippen molar-refractivity contribution in [2.75, 3.05) is 25.6 Å². The second-order valence-electron chi connectivity index (χ2n) is 5.17. The van der Waals surface area contributed by atoms with Crippen LogP contribution in [0.5, 0.6) is 5.75 Å². The summed E-state index contributed by atoms with van der Waals surface area (Å²) in [6.07, 6.45) is 3.37. The van der Waals surface area contributed by atoms with Crippen LogP contribution in [0.25, 0.3) is 0 Å². The zero-order chi connectivity index (χ0) is 13.2. The molecular weight excluding hydrogens is 250 g/mol. The van der Waals surface area contributed by atoms with Crippen LogP contribution in [0, 0.1) is 12.3 Å². The fraction of sp³-hybridized carbons (Fsp3) is 0.571. The largest absolute Gasteiger partial charge is 0.495 e. The molecule has 1 aliphatic carbocycles. The molecule has 0 aromatic heterocycles. The topological polar surface area (TPSA) is 41.5 Å². The second kappa shape index (κ2) is 5.37. The van der Waals surface area contributed by atoms with Crippen LogP contribution in [0.15, 0.2) is 12.1 Å². The van der Waals surface area contributed by atoms with E-state index in [4.69, 9.17) is 16.3 Å². The molecule has 0 saturated heterocycles. The van der Waals surface area contributed by atoms with E-state index in [9.17, 15) is 5.11 Å². The first-order chi connectivity index (χ1) is 8.60. The van der Waals surface area contributed by atoms with Crippen molar-refractivity contribution in [1.29, 1.82) is 0 Å². The van der Waals surface area contributed by atoms with Crippen molar-refractivity contribution in [3.05, 3.63) is 22.7 Å². The number of ether oxygens (including phenoxy) is 1. The Labute approximate surface area is 113 Å². The molecule has 2 rings (SSSR count). The number of anilines is 1. The van der Waals surface area contributed by atoms with Gasteiger partial charge in [0.15, 0.2) is 0 Å². The number of aryl methyl sites for hydroxylation is 1. The summed E-state index contributed by atoms with van der Waals surface area (Å²) in [6.45, 7) is 2.96. The van der Waals surface area contributed by atoms with Gasteiger partial charge in [-0.25, -0.2) is 0 Å². The van der Waals surface area contributed by atoms with E-state index in [1.54, 1.807) is 7.11 Å². The molecule has 1 aliphatic rings. The van der Waals surface area contributed by atoms with Crippen LogP contribution in [-0.2, 0) is 0 Å². The molecule has 18 heavy (non-hydrogen) atoms. The fourth-order valence-electron chi connectivity index (χ4n) is 2.31. The van der Waals surface area contributed by atoms with Crippen LogP contribution < -0.4 is 10.1 Å². The molecule has 0 bridgehead atoms. The van der Waals surface area contributed by atoms with Crippen molar-refractivity contribution in [1.82, 2.24) is 0 Å². The van der Waals surface area contributed by atoms with Crippen LogP contribution in [0.2, 0.25) is 5.02 Å². The minimum Gasteiger partial charge on any atom is -0.495 e. The van der Waals surface area contributed by atoms with Gasteiger partial charge in [-0.15, -0.1) is 0 Å². The standard InChI is InChI=1S/C14H20ClNO2/c1-10-6-13(18-2)12(7-11(10)15)16-8-14(9-17)4-3-5-14/h6-7,16-17H,3-5,8-9H2,1-2H3. The van der Waals surface area contributed by atoms with Crippen molar-refractivity contribution < 1.29 is 9.84 Å². The van der Waals surface area contributed by atoms with E-state index in [2.05, 4.69) is 5.32 Å². The van der Waals surface area contributed by atoms with E-state index in [1.165, 1.54) is 6.42 Å². The molecule has 2 N–H and O–H groups in total. The van der Waals surface area contributed by atoms with E-state index >= 15 is 0 Å². The number of halogens is 1. The number of methoxy groups -OCH3 is 1. The number of benzene rings is 1. The minimum atomic E-state index is 0.0440. The fourth-order valence-corrected chi connectivity index (χ4v) is 2.48. The minimum absolute atomic E-state index is 0.0440. The molecule has 1 fully saturated rings. The average molecular weight is 270 g/mol. The van der Waals surface area contributed by atoms with Gasteiger partial charge in [0.25, 0.3) is 0 Å². The molecule has 0 spiro atoms.